The van der Waals surface area contributed by atoms with E-state index in [0.717, 1.165) is 55.7 Å². The van der Waals surface area contributed by atoms with Gasteiger partial charge in [0, 0.05) is 25.2 Å². The normalized spacial score (nSPS) is 17.4. The van der Waals surface area contributed by atoms with Crippen LogP contribution in [0, 0.1) is 24.1 Å². The number of pyridine rings is 1. The fourth-order valence-electron chi connectivity index (χ4n) is 4.56. The smallest absolute Gasteiger partial charge is 0.270 e. The van der Waals surface area contributed by atoms with E-state index < -0.39 is 0 Å². The highest BCUT2D eigenvalue weighted by atomic mass is 32.2. The van der Waals surface area contributed by atoms with Gasteiger partial charge < -0.3 is 4.90 Å². The van der Waals surface area contributed by atoms with Crippen LogP contribution >= 0.6 is 24.0 Å². The molecule has 4 rings (SSSR count). The average molecular weight is 511 g/mol. The third-order valence-electron chi connectivity index (χ3n) is 6.35. The molecule has 1 amide bonds. The van der Waals surface area contributed by atoms with E-state index >= 15 is 0 Å². The summed E-state index contributed by atoms with van der Waals surface area (Å²) in [6.45, 7) is 6.15. The van der Waals surface area contributed by atoms with Gasteiger partial charge in [0.25, 0.3) is 11.5 Å². The van der Waals surface area contributed by atoms with Crippen molar-refractivity contribution < 1.29 is 9.18 Å². The zero-order valence-electron chi connectivity index (χ0n) is 19.8. The summed E-state index contributed by atoms with van der Waals surface area (Å²) in [7, 11) is 0. The van der Waals surface area contributed by atoms with Crippen LogP contribution < -0.4 is 10.5 Å². The summed E-state index contributed by atoms with van der Waals surface area (Å²) < 4.78 is 15.4. The Morgan fingerprint density at radius 2 is 1.86 bits per heavy atom. The number of amides is 1. The van der Waals surface area contributed by atoms with E-state index in [1.807, 2.05) is 6.92 Å². The predicted octanol–water partition coefficient (Wildman–Crippen LogP) is 4.97. The number of anilines is 1. The van der Waals surface area contributed by atoms with E-state index in [-0.39, 0.29) is 29.4 Å². The van der Waals surface area contributed by atoms with Crippen molar-refractivity contribution in [1.29, 1.82) is 5.26 Å². The monoisotopic (exact) mass is 510 g/mol. The number of rotatable bonds is 6. The van der Waals surface area contributed by atoms with E-state index in [4.69, 9.17) is 12.2 Å². The Balaban J connectivity index is 1.80. The lowest BCUT2D eigenvalue weighted by Gasteiger charge is -2.33. The van der Waals surface area contributed by atoms with Gasteiger partial charge in [0.2, 0.25) is 0 Å². The van der Waals surface area contributed by atoms with Crippen LogP contribution in [0.1, 0.15) is 54.9 Å². The van der Waals surface area contributed by atoms with Crippen molar-refractivity contribution in [2.24, 2.45) is 0 Å². The zero-order chi connectivity index (χ0) is 25.1. The van der Waals surface area contributed by atoms with Crippen molar-refractivity contribution >= 4 is 46.1 Å². The van der Waals surface area contributed by atoms with Crippen LogP contribution in [-0.2, 0) is 17.9 Å². The first-order chi connectivity index (χ1) is 16.8. The molecule has 35 heavy (non-hydrogen) atoms. The Kier molecular flexibility index (Phi) is 7.72. The fourth-order valence-corrected chi connectivity index (χ4v) is 5.80. The molecule has 1 aromatic heterocycles. The lowest BCUT2D eigenvalue weighted by atomic mass is 10.0. The quantitative estimate of drug-likeness (QED) is 0.404. The molecule has 2 aliphatic rings. The summed E-state index contributed by atoms with van der Waals surface area (Å²) in [6.07, 6.45) is 5.72. The average Bonchev–Trinajstić information content (AvgIpc) is 3.11. The number of thiocarbonyl (C=S) groups is 1. The largest absolute Gasteiger partial charge is 0.357 e. The molecule has 0 saturated carbocycles. The van der Waals surface area contributed by atoms with Crippen molar-refractivity contribution in [3.63, 3.8) is 0 Å². The second kappa shape index (κ2) is 10.8. The van der Waals surface area contributed by atoms with Crippen molar-refractivity contribution in [1.82, 2.24) is 9.47 Å². The van der Waals surface area contributed by atoms with Crippen LogP contribution in [-0.4, -0.2) is 32.8 Å². The second-order valence-electron chi connectivity index (χ2n) is 8.75. The van der Waals surface area contributed by atoms with Gasteiger partial charge in [-0.3, -0.25) is 19.1 Å². The summed E-state index contributed by atoms with van der Waals surface area (Å²) in [4.78, 5) is 30.7. The molecule has 0 radical (unpaired) electrons. The lowest BCUT2D eigenvalue weighted by Crippen LogP contribution is -2.37. The van der Waals surface area contributed by atoms with E-state index in [9.17, 15) is 19.2 Å². The van der Waals surface area contributed by atoms with E-state index in [1.54, 1.807) is 29.7 Å². The lowest BCUT2D eigenvalue weighted by molar-refractivity contribution is -0.122. The van der Waals surface area contributed by atoms with Gasteiger partial charge in [0.15, 0.2) is 0 Å². The summed E-state index contributed by atoms with van der Waals surface area (Å²) >= 11 is 6.70. The molecule has 2 aliphatic heterocycles. The molecule has 3 heterocycles. The third kappa shape index (κ3) is 5.04. The highest BCUT2D eigenvalue weighted by Gasteiger charge is 2.33. The number of halogens is 1. The van der Waals surface area contributed by atoms with Crippen molar-refractivity contribution in [2.45, 2.75) is 52.6 Å². The number of piperidine rings is 1. The fraction of sp³-hybridized carbons (Fsp3) is 0.385. The maximum absolute atomic E-state index is 13.4. The minimum atomic E-state index is -0.338. The Hall–Kier alpha value is -2.96. The number of nitrogens with zero attached hydrogens (tertiary/aromatic N) is 4. The molecule has 9 heteroatoms. The number of carbonyl (C=O) groups is 1. The van der Waals surface area contributed by atoms with Crippen LogP contribution in [0.25, 0.3) is 6.08 Å². The van der Waals surface area contributed by atoms with Crippen LogP contribution in [0.3, 0.4) is 0 Å². The Morgan fingerprint density at radius 3 is 2.49 bits per heavy atom. The van der Waals surface area contributed by atoms with Crippen LogP contribution in [0.4, 0.5) is 10.2 Å². The Morgan fingerprint density at radius 1 is 1.17 bits per heavy atom. The van der Waals surface area contributed by atoms with Crippen molar-refractivity contribution in [2.75, 3.05) is 18.0 Å². The molecule has 0 spiro atoms. The Labute approximate surface area is 214 Å². The number of hydrogen-bond acceptors (Lipinski definition) is 6. The topological polar surface area (TPSA) is 69.3 Å². The maximum Gasteiger partial charge on any atom is 0.270 e. The standard InChI is InChI=1S/C26H27FN4O2S2/c1-3-11-30-23(29-12-5-4-6-13-29)20(17(2)21(15-28)24(30)32)14-22-25(33)31(26(34)35-22)16-18-7-9-19(27)10-8-18/h7-10,14H,3-6,11-13,16H2,1-2H3. The van der Waals surface area contributed by atoms with E-state index in [0.29, 0.717) is 21.3 Å². The predicted molar refractivity (Wildman–Crippen MR) is 142 cm³/mol. The molecule has 0 aliphatic carbocycles. The molecule has 182 valence electrons. The molecular weight excluding hydrogens is 483 g/mol. The SMILES string of the molecule is CCCn1c(N2CCCCC2)c(C=C2SC(=S)N(Cc3ccc(F)cc3)C2=O)c(C)c(C#N)c1=O. The number of hydrogen-bond donors (Lipinski definition) is 0. The van der Waals surface area contributed by atoms with Crippen LogP contribution in [0.2, 0.25) is 0 Å². The van der Waals surface area contributed by atoms with E-state index in [1.165, 1.54) is 28.8 Å². The first kappa shape index (κ1) is 25.1. The minimum absolute atomic E-state index is 0.104. The van der Waals surface area contributed by atoms with Gasteiger partial charge in [-0.25, -0.2) is 4.39 Å². The summed E-state index contributed by atoms with van der Waals surface area (Å²) in [6, 6.07) is 8.07. The molecule has 6 nitrogen and oxygen atoms in total. The number of aromatic nitrogens is 1. The number of carbonyl (C=O) groups excluding carboxylic acids is 1. The minimum Gasteiger partial charge on any atom is -0.357 e. The molecular formula is C26H27FN4O2S2. The van der Waals surface area contributed by atoms with Gasteiger partial charge in [-0.05, 0) is 61.9 Å². The summed E-state index contributed by atoms with van der Waals surface area (Å²) in [5, 5.41) is 9.77. The first-order valence-corrected chi connectivity index (χ1v) is 13.0. The molecule has 0 atom stereocenters. The van der Waals surface area contributed by atoms with Crippen LogP contribution in [0.5, 0.6) is 0 Å². The van der Waals surface area contributed by atoms with Gasteiger partial charge in [0.05, 0.1) is 11.4 Å². The summed E-state index contributed by atoms with van der Waals surface area (Å²) in [5.41, 5.74) is 1.89. The van der Waals surface area contributed by atoms with Crippen LogP contribution in [0.15, 0.2) is 34.0 Å². The van der Waals surface area contributed by atoms with Gasteiger partial charge in [-0.15, -0.1) is 0 Å². The maximum atomic E-state index is 13.4. The molecule has 1 aromatic carbocycles. The number of nitriles is 1. The zero-order valence-corrected chi connectivity index (χ0v) is 21.5. The van der Waals surface area contributed by atoms with Gasteiger partial charge in [-0.2, -0.15) is 5.26 Å². The second-order valence-corrected chi connectivity index (χ2v) is 10.4. The van der Waals surface area contributed by atoms with Gasteiger partial charge in [0.1, 0.15) is 27.6 Å². The summed E-state index contributed by atoms with van der Waals surface area (Å²) in [5.74, 6) is 0.201. The van der Waals surface area contributed by atoms with Crippen molar-refractivity contribution in [3.05, 3.63) is 67.6 Å². The highest BCUT2D eigenvalue weighted by molar-refractivity contribution is 8.26. The molecule has 2 saturated heterocycles. The number of thioether (sulfide) groups is 1. The third-order valence-corrected chi connectivity index (χ3v) is 7.73. The molecule has 2 fully saturated rings. The van der Waals surface area contributed by atoms with Gasteiger partial charge >= 0.3 is 0 Å². The number of benzene rings is 1. The van der Waals surface area contributed by atoms with Gasteiger partial charge in [-0.1, -0.05) is 43.0 Å². The highest BCUT2D eigenvalue weighted by Crippen LogP contribution is 2.37. The molecule has 0 N–H and O–H groups in total. The molecule has 0 bridgehead atoms. The Bertz CT molecular complexity index is 1290. The van der Waals surface area contributed by atoms with Crippen molar-refractivity contribution in [3.8, 4) is 6.07 Å². The van der Waals surface area contributed by atoms with E-state index in [2.05, 4.69) is 11.0 Å². The first-order valence-electron chi connectivity index (χ1n) is 11.8. The molecule has 0 unspecified atom stereocenters. The molecule has 2 aromatic rings.